The number of pyridine rings is 1. The Morgan fingerprint density at radius 1 is 1.11 bits per heavy atom. The van der Waals surface area contributed by atoms with E-state index in [-0.39, 0.29) is 0 Å². The first kappa shape index (κ1) is 13.8. The first-order valence-electron chi connectivity index (χ1n) is 6.64. The number of likely N-dealkylation sites (N-methyl/N-ethyl adjacent to an activating group) is 1. The van der Waals surface area contributed by atoms with Gasteiger partial charge in [-0.1, -0.05) is 6.07 Å². The van der Waals surface area contributed by atoms with Gasteiger partial charge in [-0.15, -0.1) is 0 Å². The van der Waals surface area contributed by atoms with Crippen molar-refractivity contribution in [3.63, 3.8) is 0 Å². The van der Waals surface area contributed by atoms with Crippen LogP contribution in [0, 0.1) is 20.8 Å². The van der Waals surface area contributed by atoms with Gasteiger partial charge in [-0.05, 0) is 58.1 Å². The smallest absolute Gasteiger partial charge is 0.129 e. The van der Waals surface area contributed by atoms with Crippen LogP contribution >= 0.6 is 0 Å². The predicted molar refractivity (Wildman–Crippen MR) is 80.0 cm³/mol. The molecule has 0 aliphatic heterocycles. The highest BCUT2D eigenvalue weighted by molar-refractivity contribution is 5.90. The van der Waals surface area contributed by atoms with Gasteiger partial charge < -0.3 is 9.64 Å². The van der Waals surface area contributed by atoms with E-state index in [4.69, 9.17) is 4.74 Å². The van der Waals surface area contributed by atoms with Gasteiger partial charge in [0.05, 0.1) is 5.52 Å². The fourth-order valence-electron chi connectivity index (χ4n) is 2.25. The van der Waals surface area contributed by atoms with Crippen molar-refractivity contribution in [2.75, 3.05) is 27.2 Å². The van der Waals surface area contributed by atoms with Crippen molar-refractivity contribution in [2.24, 2.45) is 0 Å². The van der Waals surface area contributed by atoms with Crippen LogP contribution in [0.2, 0.25) is 0 Å². The van der Waals surface area contributed by atoms with Crippen molar-refractivity contribution in [2.45, 2.75) is 20.8 Å². The molecule has 1 aromatic carbocycles. The average Bonchev–Trinajstić information content (AvgIpc) is 2.31. The molecule has 0 aliphatic carbocycles. The van der Waals surface area contributed by atoms with E-state index in [0.717, 1.165) is 28.9 Å². The van der Waals surface area contributed by atoms with Gasteiger partial charge >= 0.3 is 0 Å². The molecule has 3 nitrogen and oxygen atoms in total. The Kier molecular flexibility index (Phi) is 4.05. The van der Waals surface area contributed by atoms with E-state index in [1.54, 1.807) is 0 Å². The maximum Gasteiger partial charge on any atom is 0.129 e. The number of aryl methyl sites for hydroxylation is 3. The Labute approximate surface area is 115 Å². The lowest BCUT2D eigenvalue weighted by Crippen LogP contribution is -2.19. The van der Waals surface area contributed by atoms with Gasteiger partial charge in [0.2, 0.25) is 0 Å². The highest BCUT2D eigenvalue weighted by Crippen LogP contribution is 2.30. The molecule has 0 atom stereocenters. The van der Waals surface area contributed by atoms with Gasteiger partial charge in [0, 0.05) is 17.6 Å². The van der Waals surface area contributed by atoms with E-state index < -0.39 is 0 Å². The zero-order valence-electron chi connectivity index (χ0n) is 12.4. The van der Waals surface area contributed by atoms with Crippen LogP contribution in [0.1, 0.15) is 16.8 Å². The molecule has 2 aromatic rings. The van der Waals surface area contributed by atoms with E-state index in [0.29, 0.717) is 6.61 Å². The van der Waals surface area contributed by atoms with Crippen molar-refractivity contribution < 1.29 is 4.74 Å². The van der Waals surface area contributed by atoms with E-state index in [2.05, 4.69) is 41.9 Å². The average molecular weight is 258 g/mol. The molecular formula is C16H22N2O. The molecule has 0 spiro atoms. The fourth-order valence-corrected chi connectivity index (χ4v) is 2.25. The second-order valence-electron chi connectivity index (χ2n) is 5.34. The zero-order valence-corrected chi connectivity index (χ0v) is 12.4. The summed E-state index contributed by atoms with van der Waals surface area (Å²) in [4.78, 5) is 6.77. The Morgan fingerprint density at radius 3 is 2.53 bits per heavy atom. The molecule has 0 aliphatic rings. The van der Waals surface area contributed by atoms with Gasteiger partial charge in [-0.3, -0.25) is 4.98 Å². The van der Waals surface area contributed by atoms with Crippen molar-refractivity contribution in [3.8, 4) is 5.75 Å². The van der Waals surface area contributed by atoms with Crippen molar-refractivity contribution in [1.29, 1.82) is 0 Å². The standard InChI is InChI=1S/C16H22N2O/c1-11-6-7-14(19-9-8-18(4)5)15-12(2)10-13(3)17-16(11)15/h6-7,10H,8-9H2,1-5H3. The summed E-state index contributed by atoms with van der Waals surface area (Å²) in [5, 5.41) is 1.14. The number of ether oxygens (including phenoxy) is 1. The van der Waals surface area contributed by atoms with Gasteiger partial charge in [0.1, 0.15) is 12.4 Å². The minimum atomic E-state index is 0.693. The van der Waals surface area contributed by atoms with Gasteiger partial charge in [0.25, 0.3) is 0 Å². The van der Waals surface area contributed by atoms with Gasteiger partial charge in [0.15, 0.2) is 0 Å². The summed E-state index contributed by atoms with van der Waals surface area (Å²) in [5.74, 6) is 0.937. The minimum Gasteiger partial charge on any atom is -0.492 e. The highest BCUT2D eigenvalue weighted by atomic mass is 16.5. The summed E-state index contributed by atoms with van der Waals surface area (Å²) in [6, 6.07) is 6.25. The summed E-state index contributed by atoms with van der Waals surface area (Å²) in [6.45, 7) is 7.85. The van der Waals surface area contributed by atoms with E-state index in [1.165, 1.54) is 11.1 Å². The third-order valence-electron chi connectivity index (χ3n) is 3.25. The molecule has 0 radical (unpaired) electrons. The summed E-state index contributed by atoms with van der Waals surface area (Å²) in [5.41, 5.74) is 4.53. The molecule has 1 aromatic heterocycles. The lowest BCUT2D eigenvalue weighted by atomic mass is 10.0. The SMILES string of the molecule is Cc1cc(C)c2c(OCCN(C)C)ccc(C)c2n1. The van der Waals surface area contributed by atoms with Crippen molar-refractivity contribution >= 4 is 10.9 Å². The number of benzene rings is 1. The lowest BCUT2D eigenvalue weighted by molar-refractivity contribution is 0.263. The highest BCUT2D eigenvalue weighted by Gasteiger charge is 2.09. The topological polar surface area (TPSA) is 25.4 Å². The quantitative estimate of drug-likeness (QED) is 0.842. The van der Waals surface area contributed by atoms with Crippen LogP contribution < -0.4 is 4.74 Å². The second kappa shape index (κ2) is 5.57. The summed E-state index contributed by atoms with van der Waals surface area (Å²) in [7, 11) is 4.10. The first-order valence-corrected chi connectivity index (χ1v) is 6.64. The van der Waals surface area contributed by atoms with Crippen LogP contribution in [0.25, 0.3) is 10.9 Å². The first-order chi connectivity index (χ1) is 8.99. The van der Waals surface area contributed by atoms with Gasteiger partial charge in [-0.25, -0.2) is 0 Å². The summed E-state index contributed by atoms with van der Waals surface area (Å²) >= 11 is 0. The van der Waals surface area contributed by atoms with Crippen LogP contribution in [0.15, 0.2) is 18.2 Å². The Hall–Kier alpha value is -1.61. The molecule has 0 amide bonds. The van der Waals surface area contributed by atoms with Crippen molar-refractivity contribution in [1.82, 2.24) is 9.88 Å². The minimum absolute atomic E-state index is 0.693. The maximum atomic E-state index is 5.92. The molecule has 0 unspecified atom stereocenters. The molecule has 1 heterocycles. The number of rotatable bonds is 4. The third-order valence-corrected chi connectivity index (χ3v) is 3.25. The maximum absolute atomic E-state index is 5.92. The second-order valence-corrected chi connectivity index (χ2v) is 5.34. The molecule has 102 valence electrons. The lowest BCUT2D eigenvalue weighted by Gasteiger charge is -2.15. The van der Waals surface area contributed by atoms with Crippen LogP contribution in [-0.2, 0) is 0 Å². The monoisotopic (exact) mass is 258 g/mol. The molecule has 3 heteroatoms. The Bertz CT molecular complexity index is 591. The number of hydrogen-bond acceptors (Lipinski definition) is 3. The Balaban J connectivity index is 2.42. The molecule has 0 fully saturated rings. The molecule has 0 saturated heterocycles. The van der Waals surface area contributed by atoms with Crippen LogP contribution in [0.5, 0.6) is 5.75 Å². The van der Waals surface area contributed by atoms with Crippen LogP contribution in [0.3, 0.4) is 0 Å². The zero-order chi connectivity index (χ0) is 14.0. The van der Waals surface area contributed by atoms with E-state index in [9.17, 15) is 0 Å². The largest absolute Gasteiger partial charge is 0.492 e. The van der Waals surface area contributed by atoms with E-state index >= 15 is 0 Å². The Morgan fingerprint density at radius 2 is 1.84 bits per heavy atom. The number of aromatic nitrogens is 1. The predicted octanol–water partition coefficient (Wildman–Crippen LogP) is 3.10. The molecule has 19 heavy (non-hydrogen) atoms. The van der Waals surface area contributed by atoms with Gasteiger partial charge in [-0.2, -0.15) is 0 Å². The number of nitrogens with zero attached hydrogens (tertiary/aromatic N) is 2. The molecule has 0 saturated carbocycles. The molecule has 0 N–H and O–H groups in total. The number of fused-ring (bicyclic) bond motifs is 1. The number of hydrogen-bond donors (Lipinski definition) is 0. The normalized spacial score (nSPS) is 11.3. The fraction of sp³-hybridized carbons (Fsp3) is 0.438. The summed E-state index contributed by atoms with van der Waals surface area (Å²) in [6.07, 6.45) is 0. The van der Waals surface area contributed by atoms with Crippen molar-refractivity contribution in [3.05, 3.63) is 35.0 Å². The van der Waals surface area contributed by atoms with Crippen LogP contribution in [0.4, 0.5) is 0 Å². The van der Waals surface area contributed by atoms with E-state index in [1.807, 2.05) is 21.0 Å². The summed E-state index contributed by atoms with van der Waals surface area (Å²) < 4.78 is 5.92. The molecule has 2 rings (SSSR count). The molecule has 0 bridgehead atoms. The third kappa shape index (κ3) is 3.04. The molecular weight excluding hydrogens is 236 g/mol. The van der Waals surface area contributed by atoms with Crippen LogP contribution in [-0.4, -0.2) is 37.1 Å².